The Kier molecular flexibility index (Phi) is 4.79. The van der Waals surface area contributed by atoms with Gasteiger partial charge >= 0.3 is 11.9 Å². The zero-order chi connectivity index (χ0) is 18.0. The number of carbonyl (C=O) groups excluding carboxylic acids is 2. The predicted molar refractivity (Wildman–Crippen MR) is 88.0 cm³/mol. The second-order valence-corrected chi connectivity index (χ2v) is 5.13. The van der Waals surface area contributed by atoms with Gasteiger partial charge in [0.25, 0.3) is 0 Å². The normalized spacial score (nSPS) is 10.5. The van der Waals surface area contributed by atoms with Crippen molar-refractivity contribution in [3.8, 4) is 12.3 Å². The standard InChI is InChI=1S/C17H18N2O5/c1-6-8-19-9-11(16(21)24-7-2)15(20)14-13(19)12(17(22)23-5)10(3)18(14)4/h1,9H,7-8H2,2-5H3. The summed E-state index contributed by atoms with van der Waals surface area (Å²) in [5, 5.41) is 0. The molecule has 0 aliphatic carbocycles. The third kappa shape index (κ3) is 2.56. The topological polar surface area (TPSA) is 79.5 Å². The van der Waals surface area contributed by atoms with Crippen LogP contribution in [0.4, 0.5) is 0 Å². The predicted octanol–water partition coefficient (Wildman–Crippen LogP) is 1.24. The van der Waals surface area contributed by atoms with Gasteiger partial charge in [-0.25, -0.2) is 9.59 Å². The summed E-state index contributed by atoms with van der Waals surface area (Å²) >= 11 is 0. The monoisotopic (exact) mass is 330 g/mol. The summed E-state index contributed by atoms with van der Waals surface area (Å²) < 4.78 is 12.8. The number of pyridine rings is 1. The third-order valence-electron chi connectivity index (χ3n) is 3.84. The van der Waals surface area contributed by atoms with Crippen LogP contribution in [0.3, 0.4) is 0 Å². The summed E-state index contributed by atoms with van der Waals surface area (Å²) in [4.78, 5) is 37.0. The third-order valence-corrected chi connectivity index (χ3v) is 3.84. The minimum absolute atomic E-state index is 0.0800. The molecule has 0 bridgehead atoms. The first-order chi connectivity index (χ1) is 11.4. The second kappa shape index (κ2) is 6.62. The highest BCUT2D eigenvalue weighted by molar-refractivity contribution is 6.05. The molecule has 0 aromatic carbocycles. The van der Waals surface area contributed by atoms with Gasteiger partial charge < -0.3 is 18.6 Å². The van der Waals surface area contributed by atoms with Crippen LogP contribution in [0.5, 0.6) is 0 Å². The van der Waals surface area contributed by atoms with Crippen molar-refractivity contribution in [3.63, 3.8) is 0 Å². The number of fused-ring (bicyclic) bond motifs is 1. The van der Waals surface area contributed by atoms with Crippen LogP contribution in [0, 0.1) is 19.3 Å². The van der Waals surface area contributed by atoms with E-state index in [1.807, 2.05) is 0 Å². The van der Waals surface area contributed by atoms with Gasteiger partial charge in [-0.1, -0.05) is 5.92 Å². The fraction of sp³-hybridized carbons (Fsp3) is 0.353. The van der Waals surface area contributed by atoms with E-state index in [0.29, 0.717) is 11.2 Å². The van der Waals surface area contributed by atoms with E-state index in [1.54, 1.807) is 25.5 Å². The molecule has 0 unspecified atom stereocenters. The van der Waals surface area contributed by atoms with E-state index < -0.39 is 17.4 Å². The molecule has 2 aromatic heterocycles. The molecule has 0 aliphatic rings. The van der Waals surface area contributed by atoms with E-state index >= 15 is 0 Å². The van der Waals surface area contributed by atoms with Gasteiger partial charge in [-0.05, 0) is 13.8 Å². The second-order valence-electron chi connectivity index (χ2n) is 5.13. The highest BCUT2D eigenvalue weighted by Crippen LogP contribution is 2.24. The molecule has 0 amide bonds. The number of rotatable bonds is 4. The molecule has 0 radical (unpaired) electrons. The molecule has 0 saturated heterocycles. The Hall–Kier alpha value is -3.01. The van der Waals surface area contributed by atoms with Crippen molar-refractivity contribution in [2.45, 2.75) is 20.4 Å². The number of aromatic nitrogens is 2. The number of hydrogen-bond donors (Lipinski definition) is 0. The van der Waals surface area contributed by atoms with Crippen LogP contribution in [0.2, 0.25) is 0 Å². The zero-order valence-electron chi connectivity index (χ0n) is 14.0. The number of esters is 2. The molecule has 2 rings (SSSR count). The summed E-state index contributed by atoms with van der Waals surface area (Å²) in [6.45, 7) is 3.57. The van der Waals surface area contributed by atoms with Gasteiger partial charge in [0, 0.05) is 18.9 Å². The molecule has 0 N–H and O–H groups in total. The molecule has 24 heavy (non-hydrogen) atoms. The first-order valence-corrected chi connectivity index (χ1v) is 7.30. The Morgan fingerprint density at radius 1 is 1.29 bits per heavy atom. The number of nitrogens with zero attached hydrogens (tertiary/aromatic N) is 2. The van der Waals surface area contributed by atoms with Crippen LogP contribution in [0.15, 0.2) is 11.0 Å². The number of carbonyl (C=O) groups is 2. The Morgan fingerprint density at radius 2 is 1.96 bits per heavy atom. The minimum Gasteiger partial charge on any atom is -0.465 e. The largest absolute Gasteiger partial charge is 0.465 e. The van der Waals surface area contributed by atoms with Crippen molar-refractivity contribution in [1.29, 1.82) is 0 Å². The van der Waals surface area contributed by atoms with Gasteiger partial charge in [-0.15, -0.1) is 6.42 Å². The Morgan fingerprint density at radius 3 is 2.50 bits per heavy atom. The molecular formula is C17H18N2O5. The van der Waals surface area contributed by atoms with Crippen molar-refractivity contribution in [3.05, 3.63) is 33.2 Å². The van der Waals surface area contributed by atoms with Crippen molar-refractivity contribution < 1.29 is 19.1 Å². The smallest absolute Gasteiger partial charge is 0.343 e. The van der Waals surface area contributed by atoms with Crippen molar-refractivity contribution in [2.75, 3.05) is 13.7 Å². The Labute approximate surface area is 138 Å². The average Bonchev–Trinajstić information content (AvgIpc) is 2.82. The van der Waals surface area contributed by atoms with E-state index in [2.05, 4.69) is 5.92 Å². The summed E-state index contributed by atoms with van der Waals surface area (Å²) in [6.07, 6.45) is 6.72. The average molecular weight is 330 g/mol. The van der Waals surface area contributed by atoms with Gasteiger partial charge in [0.1, 0.15) is 16.6 Å². The lowest BCUT2D eigenvalue weighted by atomic mass is 10.1. The Bertz CT molecular complexity index is 927. The van der Waals surface area contributed by atoms with Gasteiger partial charge in [-0.3, -0.25) is 4.79 Å². The van der Waals surface area contributed by atoms with Crippen molar-refractivity contribution >= 4 is 23.0 Å². The molecule has 2 aromatic rings. The van der Waals surface area contributed by atoms with Gasteiger partial charge in [0.2, 0.25) is 5.43 Å². The summed E-state index contributed by atoms with van der Waals surface area (Å²) in [7, 11) is 2.90. The summed E-state index contributed by atoms with van der Waals surface area (Å²) in [5.41, 5.74) is 0.694. The lowest BCUT2D eigenvalue weighted by Crippen LogP contribution is -2.22. The first-order valence-electron chi connectivity index (χ1n) is 7.30. The number of methoxy groups -OCH3 is 1. The fourth-order valence-electron chi connectivity index (χ4n) is 2.65. The van der Waals surface area contributed by atoms with E-state index in [1.165, 1.54) is 17.9 Å². The Balaban J connectivity index is 2.97. The van der Waals surface area contributed by atoms with Crippen LogP contribution in [-0.4, -0.2) is 34.8 Å². The van der Waals surface area contributed by atoms with Crippen molar-refractivity contribution in [2.24, 2.45) is 7.05 Å². The zero-order valence-corrected chi connectivity index (χ0v) is 14.0. The van der Waals surface area contributed by atoms with Crippen LogP contribution < -0.4 is 5.43 Å². The van der Waals surface area contributed by atoms with E-state index in [0.717, 1.165) is 0 Å². The molecule has 0 saturated carbocycles. The summed E-state index contributed by atoms with van der Waals surface area (Å²) in [6, 6.07) is 0. The molecule has 2 heterocycles. The van der Waals surface area contributed by atoms with Crippen LogP contribution in [-0.2, 0) is 23.1 Å². The van der Waals surface area contributed by atoms with Crippen LogP contribution >= 0.6 is 0 Å². The highest BCUT2D eigenvalue weighted by Gasteiger charge is 2.26. The molecule has 0 atom stereocenters. The number of ether oxygens (including phenoxy) is 2. The van der Waals surface area contributed by atoms with Crippen LogP contribution in [0.25, 0.3) is 11.0 Å². The summed E-state index contributed by atoms with van der Waals surface area (Å²) in [5.74, 6) is 1.15. The molecule has 7 nitrogen and oxygen atoms in total. The maximum atomic E-state index is 12.8. The number of hydrogen-bond acceptors (Lipinski definition) is 5. The number of aryl methyl sites for hydroxylation is 1. The van der Waals surface area contributed by atoms with Crippen LogP contribution in [0.1, 0.15) is 33.3 Å². The molecule has 0 spiro atoms. The molecule has 0 aliphatic heterocycles. The van der Waals surface area contributed by atoms with E-state index in [-0.39, 0.29) is 29.8 Å². The SMILES string of the molecule is C#CCn1cc(C(=O)OCC)c(=O)c2c1c(C(=O)OC)c(C)n2C. The molecule has 7 heteroatoms. The highest BCUT2D eigenvalue weighted by atomic mass is 16.5. The maximum absolute atomic E-state index is 12.8. The van der Waals surface area contributed by atoms with Gasteiger partial charge in [0.05, 0.1) is 25.8 Å². The minimum atomic E-state index is -0.728. The van der Waals surface area contributed by atoms with E-state index in [4.69, 9.17) is 15.9 Å². The quantitative estimate of drug-likeness (QED) is 0.622. The molecule has 0 fully saturated rings. The molecular weight excluding hydrogens is 312 g/mol. The fourth-order valence-corrected chi connectivity index (χ4v) is 2.65. The van der Waals surface area contributed by atoms with Gasteiger partial charge in [-0.2, -0.15) is 0 Å². The van der Waals surface area contributed by atoms with E-state index in [9.17, 15) is 14.4 Å². The van der Waals surface area contributed by atoms with Crippen molar-refractivity contribution in [1.82, 2.24) is 9.13 Å². The lowest BCUT2D eigenvalue weighted by molar-refractivity contribution is 0.0523. The maximum Gasteiger partial charge on any atom is 0.343 e. The lowest BCUT2D eigenvalue weighted by Gasteiger charge is -2.10. The first kappa shape index (κ1) is 17.3. The molecule has 126 valence electrons. The van der Waals surface area contributed by atoms with Gasteiger partial charge in [0.15, 0.2) is 0 Å². The number of terminal acetylenes is 1.